The fourth-order valence-corrected chi connectivity index (χ4v) is 1.92. The van der Waals surface area contributed by atoms with Gasteiger partial charge in [-0.3, -0.25) is 4.79 Å². The molecule has 0 bridgehead atoms. The van der Waals surface area contributed by atoms with Crippen LogP contribution in [0.1, 0.15) is 15.9 Å². The minimum Gasteiger partial charge on any atom is -0.384 e. The first-order valence-electron chi connectivity index (χ1n) is 5.90. The molecule has 2 rings (SSSR count). The summed E-state index contributed by atoms with van der Waals surface area (Å²) < 4.78 is 5.05. The number of methoxy groups -OCH3 is 1. The molecule has 1 aromatic heterocycles. The molecule has 0 fully saturated rings. The summed E-state index contributed by atoms with van der Waals surface area (Å²) in [7, 11) is 1.62. The molecule has 0 spiro atoms. The number of carbonyl (C=O) groups excluding carboxylic acids is 1. The Morgan fingerprint density at radius 3 is 3.00 bits per heavy atom. The van der Waals surface area contributed by atoms with E-state index in [1.165, 1.54) is 12.3 Å². The largest absolute Gasteiger partial charge is 0.384 e. The van der Waals surface area contributed by atoms with Gasteiger partial charge in [-0.25, -0.2) is 4.98 Å². The van der Waals surface area contributed by atoms with E-state index < -0.39 is 0 Å². The maximum absolute atomic E-state index is 12.1. The summed E-state index contributed by atoms with van der Waals surface area (Å²) in [5, 5.41) is 3.02. The van der Waals surface area contributed by atoms with Gasteiger partial charge in [0.25, 0.3) is 5.91 Å². The fraction of sp³-hybridized carbons (Fsp3) is 0.143. The molecule has 0 aliphatic carbocycles. The normalized spacial score (nSPS) is 10.3. The number of rotatable bonds is 4. The molecule has 0 aliphatic rings. The van der Waals surface area contributed by atoms with Crippen LogP contribution in [0.15, 0.2) is 36.5 Å². The minimum absolute atomic E-state index is 0.243. The molecular formula is C14H14ClN3O2. The Kier molecular flexibility index (Phi) is 4.55. The molecule has 1 aromatic carbocycles. The first kappa shape index (κ1) is 14.3. The van der Waals surface area contributed by atoms with Crippen LogP contribution in [0, 0.1) is 0 Å². The highest BCUT2D eigenvalue weighted by Crippen LogP contribution is 2.19. The first-order chi connectivity index (χ1) is 9.60. The van der Waals surface area contributed by atoms with E-state index in [0.29, 0.717) is 12.3 Å². The maximum atomic E-state index is 12.1. The van der Waals surface area contributed by atoms with Gasteiger partial charge in [-0.1, -0.05) is 23.7 Å². The van der Waals surface area contributed by atoms with E-state index in [9.17, 15) is 4.79 Å². The van der Waals surface area contributed by atoms with Crippen LogP contribution in [-0.4, -0.2) is 18.0 Å². The van der Waals surface area contributed by atoms with E-state index in [2.05, 4.69) is 10.3 Å². The summed E-state index contributed by atoms with van der Waals surface area (Å²) in [5.41, 5.74) is 7.47. The molecule has 20 heavy (non-hydrogen) atoms. The van der Waals surface area contributed by atoms with E-state index in [1.807, 2.05) is 18.2 Å². The van der Waals surface area contributed by atoms with Crippen molar-refractivity contribution in [3.05, 3.63) is 52.7 Å². The summed E-state index contributed by atoms with van der Waals surface area (Å²) >= 11 is 5.94. The molecule has 0 saturated heterocycles. The summed E-state index contributed by atoms with van der Waals surface area (Å²) in [4.78, 5) is 16.0. The summed E-state index contributed by atoms with van der Waals surface area (Å²) in [6.45, 7) is 0.479. The number of aromatic nitrogens is 1. The molecule has 1 heterocycles. The van der Waals surface area contributed by atoms with Crippen molar-refractivity contribution >= 4 is 29.0 Å². The number of nitrogens with one attached hydrogen (secondary N) is 1. The lowest BCUT2D eigenvalue weighted by Crippen LogP contribution is -2.13. The topological polar surface area (TPSA) is 77.2 Å². The highest BCUT2D eigenvalue weighted by molar-refractivity contribution is 6.34. The van der Waals surface area contributed by atoms with Crippen molar-refractivity contribution in [1.82, 2.24) is 4.98 Å². The van der Waals surface area contributed by atoms with Gasteiger partial charge in [-0.05, 0) is 23.8 Å². The van der Waals surface area contributed by atoms with E-state index in [0.717, 1.165) is 5.56 Å². The van der Waals surface area contributed by atoms with Crippen molar-refractivity contribution in [3.8, 4) is 0 Å². The van der Waals surface area contributed by atoms with Crippen LogP contribution in [0.5, 0.6) is 0 Å². The Morgan fingerprint density at radius 1 is 1.45 bits per heavy atom. The fourth-order valence-electron chi connectivity index (χ4n) is 1.73. The molecule has 0 saturated carbocycles. The predicted molar refractivity (Wildman–Crippen MR) is 78.8 cm³/mol. The minimum atomic E-state index is -0.335. The zero-order valence-corrected chi connectivity index (χ0v) is 11.6. The highest BCUT2D eigenvalue weighted by atomic mass is 35.5. The highest BCUT2D eigenvalue weighted by Gasteiger charge is 2.11. The van der Waals surface area contributed by atoms with Crippen LogP contribution in [0.25, 0.3) is 0 Å². The van der Waals surface area contributed by atoms with Crippen LogP contribution >= 0.6 is 11.6 Å². The van der Waals surface area contributed by atoms with Gasteiger partial charge in [-0.2, -0.15) is 0 Å². The van der Waals surface area contributed by atoms with Crippen molar-refractivity contribution in [2.45, 2.75) is 6.61 Å². The van der Waals surface area contributed by atoms with Crippen LogP contribution in [0.2, 0.25) is 5.02 Å². The number of hydrogen-bond donors (Lipinski definition) is 2. The second kappa shape index (κ2) is 6.36. The van der Waals surface area contributed by atoms with E-state index in [4.69, 9.17) is 22.1 Å². The average Bonchev–Trinajstić information content (AvgIpc) is 2.42. The summed E-state index contributed by atoms with van der Waals surface area (Å²) in [6.07, 6.45) is 1.35. The lowest BCUT2D eigenvalue weighted by Gasteiger charge is -2.08. The molecule has 0 aliphatic heterocycles. The Bertz CT molecular complexity index is 632. The molecule has 6 heteroatoms. The summed E-state index contributed by atoms with van der Waals surface area (Å²) in [5.74, 6) is -0.0913. The van der Waals surface area contributed by atoms with Gasteiger partial charge >= 0.3 is 0 Å². The molecule has 2 aromatic rings. The second-order valence-electron chi connectivity index (χ2n) is 4.18. The number of halogens is 1. The standard InChI is InChI=1S/C14H14ClN3O2/c1-20-8-9-3-2-4-10(5-9)18-14(19)11-6-13(16)17-7-12(11)15/h2-7H,8H2,1H3,(H2,16,17)(H,18,19). The Labute approximate surface area is 121 Å². The maximum Gasteiger partial charge on any atom is 0.257 e. The zero-order valence-electron chi connectivity index (χ0n) is 10.9. The number of ether oxygens (including phenoxy) is 1. The third kappa shape index (κ3) is 3.46. The van der Waals surface area contributed by atoms with Gasteiger partial charge in [0, 0.05) is 19.0 Å². The van der Waals surface area contributed by atoms with Crippen LogP contribution < -0.4 is 11.1 Å². The molecule has 0 atom stereocenters. The number of benzene rings is 1. The van der Waals surface area contributed by atoms with Crippen molar-refractivity contribution in [2.24, 2.45) is 0 Å². The number of nitrogens with zero attached hydrogens (tertiary/aromatic N) is 1. The number of anilines is 2. The van der Waals surface area contributed by atoms with Gasteiger partial charge in [0.15, 0.2) is 0 Å². The lowest BCUT2D eigenvalue weighted by atomic mass is 10.2. The molecule has 5 nitrogen and oxygen atoms in total. The number of nitrogens with two attached hydrogens (primary N) is 1. The first-order valence-corrected chi connectivity index (χ1v) is 6.28. The van der Waals surface area contributed by atoms with Crippen molar-refractivity contribution in [2.75, 3.05) is 18.2 Å². The average molecular weight is 292 g/mol. The predicted octanol–water partition coefficient (Wildman–Crippen LogP) is 2.72. The monoisotopic (exact) mass is 291 g/mol. The Hall–Kier alpha value is -2.11. The molecule has 1 amide bonds. The Morgan fingerprint density at radius 2 is 2.25 bits per heavy atom. The van der Waals surface area contributed by atoms with Crippen LogP contribution in [0.3, 0.4) is 0 Å². The van der Waals surface area contributed by atoms with Crippen molar-refractivity contribution in [3.63, 3.8) is 0 Å². The van der Waals surface area contributed by atoms with Crippen molar-refractivity contribution < 1.29 is 9.53 Å². The SMILES string of the molecule is COCc1cccc(NC(=O)c2cc(N)ncc2Cl)c1. The van der Waals surface area contributed by atoms with Gasteiger partial charge in [0.1, 0.15) is 5.82 Å². The van der Waals surface area contributed by atoms with Gasteiger partial charge in [-0.15, -0.1) is 0 Å². The lowest BCUT2D eigenvalue weighted by molar-refractivity contribution is 0.102. The van der Waals surface area contributed by atoms with Crippen molar-refractivity contribution in [1.29, 1.82) is 0 Å². The molecule has 3 N–H and O–H groups in total. The third-order valence-electron chi connectivity index (χ3n) is 2.62. The molecule has 0 unspecified atom stereocenters. The van der Waals surface area contributed by atoms with Crippen LogP contribution in [0.4, 0.5) is 11.5 Å². The van der Waals surface area contributed by atoms with E-state index in [1.54, 1.807) is 13.2 Å². The number of pyridine rings is 1. The van der Waals surface area contributed by atoms with E-state index >= 15 is 0 Å². The second-order valence-corrected chi connectivity index (χ2v) is 4.58. The van der Waals surface area contributed by atoms with Gasteiger partial charge in [0.2, 0.25) is 0 Å². The van der Waals surface area contributed by atoms with Gasteiger partial charge < -0.3 is 15.8 Å². The quantitative estimate of drug-likeness (QED) is 0.908. The van der Waals surface area contributed by atoms with Crippen LogP contribution in [-0.2, 0) is 11.3 Å². The third-order valence-corrected chi connectivity index (χ3v) is 2.92. The molecular weight excluding hydrogens is 278 g/mol. The smallest absolute Gasteiger partial charge is 0.257 e. The number of carbonyl (C=O) groups is 1. The number of hydrogen-bond acceptors (Lipinski definition) is 4. The van der Waals surface area contributed by atoms with E-state index in [-0.39, 0.29) is 22.3 Å². The number of nitrogen functional groups attached to an aromatic ring is 1. The molecule has 0 radical (unpaired) electrons. The zero-order chi connectivity index (χ0) is 14.5. The number of amides is 1. The Balaban J connectivity index is 2.19. The van der Waals surface area contributed by atoms with Gasteiger partial charge in [0.05, 0.1) is 17.2 Å². The summed E-state index contributed by atoms with van der Waals surface area (Å²) in [6, 6.07) is 8.81. The molecule has 104 valence electrons.